The van der Waals surface area contributed by atoms with E-state index in [9.17, 15) is 4.79 Å². The van der Waals surface area contributed by atoms with Crippen molar-refractivity contribution in [1.29, 1.82) is 0 Å². The number of fused-ring (bicyclic) bond motifs is 1. The van der Waals surface area contributed by atoms with Gasteiger partial charge in [-0.1, -0.05) is 29.5 Å². The van der Waals surface area contributed by atoms with Gasteiger partial charge in [-0.05, 0) is 45.4 Å². The first-order valence-corrected chi connectivity index (χ1v) is 9.40. The number of rotatable bonds is 4. The minimum absolute atomic E-state index is 0.0276. The van der Waals surface area contributed by atoms with Crippen LogP contribution < -0.4 is 5.32 Å². The molecular formula is C18H19N3OS2. The molecule has 3 rings (SSSR count). The molecule has 0 fully saturated rings. The van der Waals surface area contributed by atoms with E-state index in [1.807, 2.05) is 38.1 Å². The fourth-order valence-electron chi connectivity index (χ4n) is 2.34. The molecule has 3 aromatic rings. The third kappa shape index (κ3) is 3.44. The lowest BCUT2D eigenvalue weighted by molar-refractivity contribution is -0.115. The number of thiophene rings is 1. The molecule has 2 aromatic heterocycles. The molecule has 0 aliphatic carbocycles. The minimum Gasteiger partial charge on any atom is -0.325 e. The van der Waals surface area contributed by atoms with Crippen molar-refractivity contribution >= 4 is 44.9 Å². The number of benzene rings is 1. The molecule has 4 nitrogen and oxygen atoms in total. The first kappa shape index (κ1) is 16.9. The quantitative estimate of drug-likeness (QED) is 0.541. The molecule has 0 unspecified atom stereocenters. The number of carbonyl (C=O) groups is 1. The van der Waals surface area contributed by atoms with Crippen molar-refractivity contribution in [2.24, 2.45) is 0 Å². The summed E-state index contributed by atoms with van der Waals surface area (Å²) in [5.74, 6) is -0.0276. The van der Waals surface area contributed by atoms with Crippen LogP contribution in [0.5, 0.6) is 0 Å². The Kier molecular flexibility index (Phi) is 4.87. The van der Waals surface area contributed by atoms with Gasteiger partial charge in [-0.15, -0.1) is 11.3 Å². The van der Waals surface area contributed by atoms with Crippen molar-refractivity contribution in [1.82, 2.24) is 9.97 Å². The molecular weight excluding hydrogens is 338 g/mol. The van der Waals surface area contributed by atoms with E-state index in [0.717, 1.165) is 20.9 Å². The van der Waals surface area contributed by atoms with Gasteiger partial charge < -0.3 is 5.32 Å². The number of amides is 1. The Morgan fingerprint density at radius 3 is 2.58 bits per heavy atom. The van der Waals surface area contributed by atoms with Crippen LogP contribution in [0.15, 0.2) is 35.6 Å². The zero-order chi connectivity index (χ0) is 17.3. The Morgan fingerprint density at radius 1 is 1.17 bits per heavy atom. The Morgan fingerprint density at radius 2 is 1.88 bits per heavy atom. The summed E-state index contributed by atoms with van der Waals surface area (Å²) in [6.45, 7) is 8.09. The number of carbonyl (C=O) groups excluding carboxylic acids is 1. The smallest absolute Gasteiger partial charge is 0.237 e. The van der Waals surface area contributed by atoms with Crippen LogP contribution in [0.1, 0.15) is 22.9 Å². The summed E-state index contributed by atoms with van der Waals surface area (Å²) < 4.78 is 0. The topological polar surface area (TPSA) is 54.9 Å². The van der Waals surface area contributed by atoms with Gasteiger partial charge in [-0.25, -0.2) is 9.97 Å². The van der Waals surface area contributed by atoms with E-state index in [1.165, 1.54) is 27.8 Å². The zero-order valence-corrected chi connectivity index (χ0v) is 15.7. The van der Waals surface area contributed by atoms with Crippen LogP contribution in [0.4, 0.5) is 5.69 Å². The molecule has 1 N–H and O–H groups in total. The highest BCUT2D eigenvalue weighted by Crippen LogP contribution is 2.36. The van der Waals surface area contributed by atoms with Crippen molar-refractivity contribution < 1.29 is 4.79 Å². The predicted octanol–water partition coefficient (Wildman–Crippen LogP) is 4.74. The number of hydrogen-bond donors (Lipinski definition) is 1. The normalized spacial score (nSPS) is 12.3. The van der Waals surface area contributed by atoms with E-state index in [1.54, 1.807) is 17.7 Å². The standard InChI is InChI=1S/C18H19N3OS2/c1-10-5-7-14(8-6-10)21-16(22)13(4)24-18-15-11(2)12(3)23-17(15)19-9-20-18/h5-9,13H,1-4H3,(H,21,22)/t13-/m0/s1. The molecule has 6 heteroatoms. The second-order valence-electron chi connectivity index (χ2n) is 5.76. The molecule has 0 radical (unpaired) electrons. The summed E-state index contributed by atoms with van der Waals surface area (Å²) in [6, 6.07) is 7.80. The van der Waals surface area contributed by atoms with Crippen molar-refractivity contribution in [2.75, 3.05) is 5.32 Å². The molecule has 2 heterocycles. The van der Waals surface area contributed by atoms with Crippen molar-refractivity contribution in [3.63, 3.8) is 0 Å². The maximum Gasteiger partial charge on any atom is 0.237 e. The predicted molar refractivity (Wildman–Crippen MR) is 102 cm³/mol. The lowest BCUT2D eigenvalue weighted by Crippen LogP contribution is -2.22. The molecule has 24 heavy (non-hydrogen) atoms. The van der Waals surface area contributed by atoms with E-state index < -0.39 is 0 Å². The van der Waals surface area contributed by atoms with Crippen molar-refractivity contribution in [3.8, 4) is 0 Å². The van der Waals surface area contributed by atoms with Gasteiger partial charge >= 0.3 is 0 Å². The number of nitrogens with one attached hydrogen (secondary N) is 1. The molecule has 0 saturated heterocycles. The van der Waals surface area contributed by atoms with Crippen LogP contribution in [0.25, 0.3) is 10.2 Å². The van der Waals surface area contributed by atoms with Gasteiger partial charge in [0.05, 0.1) is 5.25 Å². The summed E-state index contributed by atoms with van der Waals surface area (Å²) in [4.78, 5) is 23.4. The monoisotopic (exact) mass is 357 g/mol. The zero-order valence-electron chi connectivity index (χ0n) is 14.1. The van der Waals surface area contributed by atoms with Crippen molar-refractivity contribution in [2.45, 2.75) is 38.0 Å². The molecule has 0 spiro atoms. The lowest BCUT2D eigenvalue weighted by Gasteiger charge is -2.12. The van der Waals surface area contributed by atoms with Gasteiger partial charge in [0.25, 0.3) is 0 Å². The minimum atomic E-state index is -0.246. The number of aromatic nitrogens is 2. The fourth-order valence-corrected chi connectivity index (χ4v) is 4.38. The number of anilines is 1. The molecule has 0 aliphatic heterocycles. The van der Waals surface area contributed by atoms with E-state index in [4.69, 9.17) is 0 Å². The molecule has 1 aromatic carbocycles. The van der Waals surface area contributed by atoms with Gasteiger partial charge in [-0.3, -0.25) is 4.79 Å². The van der Waals surface area contributed by atoms with Gasteiger partial charge in [0, 0.05) is 16.0 Å². The third-order valence-corrected chi connectivity index (χ3v) is 6.12. The number of aryl methyl sites for hydroxylation is 3. The molecule has 1 amide bonds. The Labute approximate surface area is 149 Å². The molecule has 0 bridgehead atoms. The Hall–Kier alpha value is -1.92. The van der Waals surface area contributed by atoms with E-state index in [0.29, 0.717) is 0 Å². The highest BCUT2D eigenvalue weighted by molar-refractivity contribution is 8.00. The first-order chi connectivity index (χ1) is 11.5. The summed E-state index contributed by atoms with van der Waals surface area (Å²) >= 11 is 3.14. The van der Waals surface area contributed by atoms with Crippen LogP contribution >= 0.6 is 23.1 Å². The van der Waals surface area contributed by atoms with Crippen LogP contribution in [-0.4, -0.2) is 21.1 Å². The highest BCUT2D eigenvalue weighted by atomic mass is 32.2. The van der Waals surface area contributed by atoms with Gasteiger partial charge in [0.1, 0.15) is 16.2 Å². The van der Waals surface area contributed by atoms with Gasteiger partial charge in [-0.2, -0.15) is 0 Å². The summed E-state index contributed by atoms with van der Waals surface area (Å²) in [5, 5.41) is 4.65. The van der Waals surface area contributed by atoms with E-state index in [-0.39, 0.29) is 11.2 Å². The van der Waals surface area contributed by atoms with Crippen LogP contribution in [-0.2, 0) is 4.79 Å². The lowest BCUT2D eigenvalue weighted by atomic mass is 10.2. The molecule has 124 valence electrons. The Bertz CT molecular complexity index is 887. The van der Waals surface area contributed by atoms with E-state index in [2.05, 4.69) is 29.1 Å². The number of nitrogens with zero attached hydrogens (tertiary/aromatic N) is 2. The second kappa shape index (κ2) is 6.91. The average Bonchev–Trinajstić information content (AvgIpc) is 2.85. The van der Waals surface area contributed by atoms with Gasteiger partial charge in [0.15, 0.2) is 0 Å². The number of thioether (sulfide) groups is 1. The largest absolute Gasteiger partial charge is 0.325 e. The summed E-state index contributed by atoms with van der Waals surface area (Å²) in [6.07, 6.45) is 1.57. The maximum absolute atomic E-state index is 12.5. The second-order valence-corrected chi connectivity index (χ2v) is 8.29. The third-order valence-electron chi connectivity index (χ3n) is 3.91. The molecule has 0 aliphatic rings. The molecule has 0 saturated carbocycles. The Balaban J connectivity index is 1.78. The maximum atomic E-state index is 12.5. The van der Waals surface area contributed by atoms with Crippen LogP contribution in [0, 0.1) is 20.8 Å². The summed E-state index contributed by atoms with van der Waals surface area (Å²) in [7, 11) is 0. The fraction of sp³-hybridized carbons (Fsp3) is 0.278. The first-order valence-electron chi connectivity index (χ1n) is 7.70. The van der Waals surface area contributed by atoms with Gasteiger partial charge in [0.2, 0.25) is 5.91 Å². The SMILES string of the molecule is Cc1ccc(NC(=O)[C@H](C)Sc2ncnc3sc(C)c(C)c23)cc1. The molecule has 1 atom stereocenters. The van der Waals surface area contributed by atoms with Crippen LogP contribution in [0.2, 0.25) is 0 Å². The summed E-state index contributed by atoms with van der Waals surface area (Å²) in [5.41, 5.74) is 3.18. The number of hydrogen-bond acceptors (Lipinski definition) is 5. The van der Waals surface area contributed by atoms with Crippen molar-refractivity contribution in [3.05, 3.63) is 46.6 Å². The highest BCUT2D eigenvalue weighted by Gasteiger charge is 2.19. The van der Waals surface area contributed by atoms with E-state index >= 15 is 0 Å². The average molecular weight is 358 g/mol. The van der Waals surface area contributed by atoms with Crippen LogP contribution in [0.3, 0.4) is 0 Å².